The normalized spacial score (nSPS) is 10.8. The summed E-state index contributed by atoms with van der Waals surface area (Å²) in [6, 6.07) is 3.01. The molecule has 0 fully saturated rings. The lowest BCUT2D eigenvalue weighted by atomic mass is 10.3. The largest absolute Gasteiger partial charge is 0.574 e. The van der Waals surface area contributed by atoms with E-state index in [1.807, 2.05) is 0 Å². The first kappa shape index (κ1) is 11.0. The molecular formula is C7H2F3IN2O. The van der Waals surface area contributed by atoms with Crippen molar-refractivity contribution in [3.05, 3.63) is 21.4 Å². The van der Waals surface area contributed by atoms with Gasteiger partial charge in [-0.05, 0) is 28.7 Å². The minimum Gasteiger partial charge on any atom is -0.387 e. The number of nitrogens with zero attached hydrogens (tertiary/aromatic N) is 2. The van der Waals surface area contributed by atoms with Crippen LogP contribution in [-0.2, 0) is 0 Å². The Morgan fingerprint density at radius 3 is 2.57 bits per heavy atom. The third-order valence-corrected chi connectivity index (χ3v) is 1.92. The van der Waals surface area contributed by atoms with Crippen molar-refractivity contribution < 1.29 is 17.9 Å². The molecule has 0 aliphatic heterocycles. The van der Waals surface area contributed by atoms with E-state index in [0.717, 1.165) is 6.20 Å². The molecule has 74 valence electrons. The van der Waals surface area contributed by atoms with E-state index in [0.29, 0.717) is 0 Å². The molecule has 1 aromatic rings. The van der Waals surface area contributed by atoms with Gasteiger partial charge in [0.25, 0.3) is 0 Å². The summed E-state index contributed by atoms with van der Waals surface area (Å²) in [6.07, 6.45) is -3.75. The van der Waals surface area contributed by atoms with E-state index in [2.05, 4.69) is 9.72 Å². The maximum atomic E-state index is 11.8. The molecule has 0 amide bonds. The van der Waals surface area contributed by atoms with Gasteiger partial charge in [-0.2, -0.15) is 5.26 Å². The number of halogens is 4. The Morgan fingerprint density at radius 1 is 1.50 bits per heavy atom. The zero-order valence-electron chi connectivity index (χ0n) is 6.47. The van der Waals surface area contributed by atoms with Gasteiger partial charge in [-0.15, -0.1) is 13.2 Å². The predicted octanol–water partition coefficient (Wildman–Crippen LogP) is 2.46. The summed E-state index contributed by atoms with van der Waals surface area (Å²) in [4.78, 5) is 3.36. The van der Waals surface area contributed by atoms with Gasteiger partial charge in [0.2, 0.25) is 5.88 Å². The Morgan fingerprint density at radius 2 is 2.14 bits per heavy atom. The Labute approximate surface area is 90.6 Å². The molecule has 14 heavy (non-hydrogen) atoms. The fraction of sp³-hybridized carbons (Fsp3) is 0.143. The first-order valence-electron chi connectivity index (χ1n) is 3.24. The van der Waals surface area contributed by atoms with Gasteiger partial charge in [0.05, 0.1) is 9.13 Å². The van der Waals surface area contributed by atoms with Crippen molar-refractivity contribution in [2.24, 2.45) is 0 Å². The van der Waals surface area contributed by atoms with Crippen LogP contribution in [0.15, 0.2) is 12.3 Å². The van der Waals surface area contributed by atoms with Gasteiger partial charge in [0.1, 0.15) is 6.07 Å². The summed E-state index contributed by atoms with van der Waals surface area (Å²) in [5.41, 5.74) is 0.184. The van der Waals surface area contributed by atoms with E-state index in [1.54, 1.807) is 28.7 Å². The number of nitriles is 1. The zero-order valence-corrected chi connectivity index (χ0v) is 8.63. The van der Waals surface area contributed by atoms with Crippen LogP contribution in [0.25, 0.3) is 0 Å². The molecule has 0 atom stereocenters. The summed E-state index contributed by atoms with van der Waals surface area (Å²) < 4.78 is 39.1. The number of aromatic nitrogens is 1. The second-order valence-corrected chi connectivity index (χ2v) is 3.33. The molecule has 0 saturated heterocycles. The monoisotopic (exact) mass is 314 g/mol. The fourth-order valence-electron chi connectivity index (χ4n) is 0.671. The third kappa shape index (κ3) is 3.02. The highest BCUT2D eigenvalue weighted by Gasteiger charge is 2.32. The van der Waals surface area contributed by atoms with Crippen molar-refractivity contribution in [1.82, 2.24) is 4.98 Å². The van der Waals surface area contributed by atoms with E-state index in [1.165, 1.54) is 6.07 Å². The van der Waals surface area contributed by atoms with Crippen LogP contribution in [0.4, 0.5) is 13.2 Å². The first-order valence-corrected chi connectivity index (χ1v) is 4.31. The molecule has 0 aliphatic carbocycles. The van der Waals surface area contributed by atoms with E-state index in [-0.39, 0.29) is 9.13 Å². The molecule has 1 aromatic heterocycles. The van der Waals surface area contributed by atoms with Crippen molar-refractivity contribution in [2.75, 3.05) is 0 Å². The molecule has 0 aromatic carbocycles. The van der Waals surface area contributed by atoms with Gasteiger partial charge in [0, 0.05) is 6.20 Å². The Kier molecular flexibility index (Phi) is 3.15. The minimum atomic E-state index is -4.76. The molecule has 0 unspecified atom stereocenters. The number of pyridine rings is 1. The van der Waals surface area contributed by atoms with E-state index >= 15 is 0 Å². The third-order valence-electron chi connectivity index (χ3n) is 1.15. The summed E-state index contributed by atoms with van der Waals surface area (Å²) in [7, 11) is 0. The van der Waals surface area contributed by atoms with Gasteiger partial charge in [0.15, 0.2) is 0 Å². The van der Waals surface area contributed by atoms with Crippen molar-refractivity contribution in [1.29, 1.82) is 5.26 Å². The second kappa shape index (κ2) is 4.00. The highest BCUT2D eigenvalue weighted by molar-refractivity contribution is 14.1. The van der Waals surface area contributed by atoms with Crippen LogP contribution >= 0.6 is 22.6 Å². The summed E-state index contributed by atoms with van der Waals surface area (Å²) in [5.74, 6) is -0.544. The number of rotatable bonds is 1. The topological polar surface area (TPSA) is 45.9 Å². The number of hydrogen-bond acceptors (Lipinski definition) is 3. The molecule has 7 heteroatoms. The summed E-state index contributed by atoms with van der Waals surface area (Å²) >= 11 is 1.61. The Hall–Kier alpha value is -1.04. The van der Waals surface area contributed by atoms with Crippen molar-refractivity contribution >= 4 is 22.6 Å². The van der Waals surface area contributed by atoms with Gasteiger partial charge in [-0.1, -0.05) is 0 Å². The van der Waals surface area contributed by atoms with Crippen LogP contribution in [0.3, 0.4) is 0 Å². The zero-order chi connectivity index (χ0) is 10.8. The maximum absolute atomic E-state index is 11.8. The predicted molar refractivity (Wildman–Crippen MR) is 48.4 cm³/mol. The van der Waals surface area contributed by atoms with E-state index in [9.17, 15) is 13.2 Å². The van der Waals surface area contributed by atoms with Crippen LogP contribution in [0.2, 0.25) is 0 Å². The molecule has 1 rings (SSSR count). The van der Waals surface area contributed by atoms with Crippen LogP contribution in [0.5, 0.6) is 5.88 Å². The van der Waals surface area contributed by atoms with Gasteiger partial charge in [-0.3, -0.25) is 0 Å². The Balaban J connectivity index is 2.97. The molecule has 3 nitrogen and oxygen atoms in total. The molecule has 0 radical (unpaired) electrons. The van der Waals surface area contributed by atoms with Crippen LogP contribution < -0.4 is 4.74 Å². The number of hydrogen-bond donors (Lipinski definition) is 0. The molecule has 0 spiro atoms. The van der Waals surface area contributed by atoms with Gasteiger partial charge >= 0.3 is 6.36 Å². The van der Waals surface area contributed by atoms with Crippen LogP contribution in [0, 0.1) is 14.9 Å². The Bertz CT molecular complexity index is 386. The SMILES string of the molecule is N#Cc1cnc(OC(F)(F)F)c(I)c1. The van der Waals surface area contributed by atoms with Crippen molar-refractivity contribution in [2.45, 2.75) is 6.36 Å². The highest BCUT2D eigenvalue weighted by Crippen LogP contribution is 2.25. The standard InChI is InChI=1S/C7H2F3IN2O/c8-7(9,10)14-6-5(11)1-4(2-12)3-13-6/h1,3H. The minimum absolute atomic E-state index is 0.138. The van der Waals surface area contributed by atoms with Crippen molar-refractivity contribution in [3.8, 4) is 11.9 Å². The smallest absolute Gasteiger partial charge is 0.387 e. The molecule has 0 bridgehead atoms. The molecule has 0 N–H and O–H groups in total. The van der Waals surface area contributed by atoms with E-state index in [4.69, 9.17) is 5.26 Å². The summed E-state index contributed by atoms with van der Waals surface area (Å²) in [5, 5.41) is 8.43. The lowest BCUT2D eigenvalue weighted by Crippen LogP contribution is -2.18. The summed E-state index contributed by atoms with van der Waals surface area (Å²) in [6.45, 7) is 0. The molecule has 1 heterocycles. The quantitative estimate of drug-likeness (QED) is 0.748. The second-order valence-electron chi connectivity index (χ2n) is 2.17. The molecular weight excluding hydrogens is 312 g/mol. The lowest BCUT2D eigenvalue weighted by Gasteiger charge is -2.08. The van der Waals surface area contributed by atoms with Gasteiger partial charge < -0.3 is 4.74 Å². The molecule has 0 aliphatic rings. The average molecular weight is 314 g/mol. The van der Waals surface area contributed by atoms with Crippen molar-refractivity contribution in [3.63, 3.8) is 0 Å². The van der Waals surface area contributed by atoms with E-state index < -0.39 is 12.2 Å². The lowest BCUT2D eigenvalue weighted by molar-refractivity contribution is -0.276. The van der Waals surface area contributed by atoms with Crippen LogP contribution in [0.1, 0.15) is 5.56 Å². The molecule has 0 saturated carbocycles. The first-order chi connectivity index (χ1) is 6.42. The van der Waals surface area contributed by atoms with Crippen LogP contribution in [-0.4, -0.2) is 11.3 Å². The number of alkyl halides is 3. The van der Waals surface area contributed by atoms with Gasteiger partial charge in [-0.25, -0.2) is 4.98 Å². The maximum Gasteiger partial charge on any atom is 0.574 e. The number of ether oxygens (including phenoxy) is 1. The highest BCUT2D eigenvalue weighted by atomic mass is 127. The fourth-order valence-corrected chi connectivity index (χ4v) is 1.26. The average Bonchev–Trinajstić information content (AvgIpc) is 2.06.